The molecule has 3 aromatic rings. The molecule has 3 amide bonds. The number of amides is 3. The predicted molar refractivity (Wildman–Crippen MR) is 138 cm³/mol. The molecule has 0 saturated carbocycles. The minimum atomic E-state index is -0.0502. The van der Waals surface area contributed by atoms with Crippen LogP contribution in [0.5, 0.6) is 0 Å². The Morgan fingerprint density at radius 3 is 2.34 bits per heavy atom. The topological polar surface area (TPSA) is 73.7 Å². The van der Waals surface area contributed by atoms with Gasteiger partial charge in [-0.15, -0.1) is 0 Å². The van der Waals surface area contributed by atoms with E-state index in [0.717, 1.165) is 61.6 Å². The smallest absolute Gasteiger partial charge is 0.321 e. The van der Waals surface area contributed by atoms with E-state index in [1.54, 1.807) is 0 Å². The SMILES string of the molecule is Cc1ccc(NC(=O)N2CCN(Cc3nc4cc(C(=O)N5CCCC5)ccc4n3C)CC2)cc1C. The van der Waals surface area contributed by atoms with Gasteiger partial charge < -0.3 is 19.7 Å². The summed E-state index contributed by atoms with van der Waals surface area (Å²) >= 11 is 0. The number of benzene rings is 2. The highest BCUT2D eigenvalue weighted by molar-refractivity contribution is 5.97. The van der Waals surface area contributed by atoms with E-state index in [-0.39, 0.29) is 11.9 Å². The largest absolute Gasteiger partial charge is 0.339 e. The highest BCUT2D eigenvalue weighted by Gasteiger charge is 2.24. The van der Waals surface area contributed by atoms with Crippen molar-refractivity contribution in [1.29, 1.82) is 0 Å². The van der Waals surface area contributed by atoms with Crippen molar-refractivity contribution in [2.24, 2.45) is 7.05 Å². The summed E-state index contributed by atoms with van der Waals surface area (Å²) in [6.45, 7) is 9.47. The molecule has 184 valence electrons. The van der Waals surface area contributed by atoms with E-state index < -0.39 is 0 Å². The summed E-state index contributed by atoms with van der Waals surface area (Å²) in [5, 5.41) is 3.03. The standard InChI is InChI=1S/C27H34N6O2/c1-19-6-8-22(16-20(19)2)28-27(35)33-14-12-31(13-15-33)18-25-29-23-17-21(7-9-24(23)30(25)3)26(34)32-10-4-5-11-32/h6-9,16-17H,4-5,10-15,18H2,1-3H3,(H,28,35). The third kappa shape index (κ3) is 4.89. The number of likely N-dealkylation sites (tertiary alicyclic amines) is 1. The molecule has 1 N–H and O–H groups in total. The maximum Gasteiger partial charge on any atom is 0.321 e. The number of aryl methyl sites for hydroxylation is 3. The fourth-order valence-electron chi connectivity index (χ4n) is 4.96. The van der Waals surface area contributed by atoms with Crippen LogP contribution in [0.15, 0.2) is 36.4 Å². The zero-order valence-electron chi connectivity index (χ0n) is 20.9. The number of nitrogens with one attached hydrogen (secondary N) is 1. The first kappa shape index (κ1) is 23.4. The lowest BCUT2D eigenvalue weighted by Gasteiger charge is -2.34. The third-order valence-electron chi connectivity index (χ3n) is 7.40. The summed E-state index contributed by atoms with van der Waals surface area (Å²) in [6, 6.07) is 11.8. The van der Waals surface area contributed by atoms with Crippen molar-refractivity contribution in [1.82, 2.24) is 24.3 Å². The van der Waals surface area contributed by atoms with Gasteiger partial charge in [-0.2, -0.15) is 0 Å². The Hall–Kier alpha value is -3.39. The Morgan fingerprint density at radius 2 is 1.63 bits per heavy atom. The fourth-order valence-corrected chi connectivity index (χ4v) is 4.96. The number of hydrogen-bond donors (Lipinski definition) is 1. The summed E-state index contributed by atoms with van der Waals surface area (Å²) in [6.07, 6.45) is 2.17. The van der Waals surface area contributed by atoms with Crippen LogP contribution in [0.4, 0.5) is 10.5 Å². The molecule has 0 aliphatic carbocycles. The number of fused-ring (bicyclic) bond motifs is 1. The number of nitrogens with zero attached hydrogens (tertiary/aromatic N) is 5. The number of urea groups is 1. The Kier molecular flexibility index (Phi) is 6.47. The van der Waals surface area contributed by atoms with E-state index >= 15 is 0 Å². The van der Waals surface area contributed by atoms with Gasteiger partial charge in [0.15, 0.2) is 0 Å². The van der Waals surface area contributed by atoms with E-state index in [9.17, 15) is 9.59 Å². The second kappa shape index (κ2) is 9.70. The molecule has 2 aromatic carbocycles. The van der Waals surface area contributed by atoms with Crippen LogP contribution >= 0.6 is 0 Å². The summed E-state index contributed by atoms with van der Waals surface area (Å²) in [5.41, 5.74) is 5.83. The minimum Gasteiger partial charge on any atom is -0.339 e. The van der Waals surface area contributed by atoms with Gasteiger partial charge in [0.25, 0.3) is 5.91 Å². The number of anilines is 1. The molecule has 2 aliphatic heterocycles. The molecule has 3 heterocycles. The molecular weight excluding hydrogens is 440 g/mol. The van der Waals surface area contributed by atoms with Gasteiger partial charge >= 0.3 is 6.03 Å². The monoisotopic (exact) mass is 474 g/mol. The van der Waals surface area contributed by atoms with Gasteiger partial charge in [0.2, 0.25) is 0 Å². The molecule has 8 heteroatoms. The van der Waals surface area contributed by atoms with Crippen molar-refractivity contribution in [3.8, 4) is 0 Å². The van der Waals surface area contributed by atoms with Crippen LogP contribution in [0.3, 0.4) is 0 Å². The molecule has 1 aromatic heterocycles. The van der Waals surface area contributed by atoms with E-state index in [1.807, 2.05) is 53.2 Å². The summed E-state index contributed by atoms with van der Waals surface area (Å²) in [5.74, 6) is 1.07. The molecule has 0 radical (unpaired) electrons. The fraction of sp³-hybridized carbons (Fsp3) is 0.444. The van der Waals surface area contributed by atoms with Crippen molar-refractivity contribution in [2.45, 2.75) is 33.2 Å². The highest BCUT2D eigenvalue weighted by Crippen LogP contribution is 2.21. The van der Waals surface area contributed by atoms with Gasteiger partial charge in [-0.05, 0) is 68.1 Å². The lowest BCUT2D eigenvalue weighted by Crippen LogP contribution is -2.49. The Balaban J connectivity index is 1.20. The van der Waals surface area contributed by atoms with E-state index in [4.69, 9.17) is 4.98 Å². The summed E-state index contributed by atoms with van der Waals surface area (Å²) < 4.78 is 2.11. The number of rotatable bonds is 4. The van der Waals surface area contributed by atoms with E-state index in [2.05, 4.69) is 28.6 Å². The van der Waals surface area contributed by atoms with Gasteiger partial charge in [-0.25, -0.2) is 9.78 Å². The van der Waals surface area contributed by atoms with Crippen LogP contribution in [-0.4, -0.2) is 75.5 Å². The van der Waals surface area contributed by atoms with Crippen molar-refractivity contribution in [2.75, 3.05) is 44.6 Å². The van der Waals surface area contributed by atoms with Gasteiger partial charge in [0.1, 0.15) is 5.82 Å². The molecule has 2 fully saturated rings. The number of imidazole rings is 1. The molecule has 0 bridgehead atoms. The van der Waals surface area contributed by atoms with Gasteiger partial charge in [-0.1, -0.05) is 6.07 Å². The maximum atomic E-state index is 12.8. The molecule has 5 rings (SSSR count). The number of aromatic nitrogens is 2. The molecule has 0 atom stereocenters. The number of carbonyl (C=O) groups excluding carboxylic acids is 2. The van der Waals surface area contributed by atoms with Crippen molar-refractivity contribution < 1.29 is 9.59 Å². The zero-order valence-corrected chi connectivity index (χ0v) is 20.9. The summed E-state index contributed by atoms with van der Waals surface area (Å²) in [4.78, 5) is 36.5. The van der Waals surface area contributed by atoms with Crippen LogP contribution in [0, 0.1) is 13.8 Å². The quantitative estimate of drug-likeness (QED) is 0.625. The maximum absolute atomic E-state index is 12.8. The van der Waals surface area contributed by atoms with Gasteiger partial charge in [0, 0.05) is 57.6 Å². The van der Waals surface area contributed by atoms with Crippen LogP contribution in [0.25, 0.3) is 11.0 Å². The van der Waals surface area contributed by atoms with Crippen molar-refractivity contribution in [3.63, 3.8) is 0 Å². The Morgan fingerprint density at radius 1 is 0.886 bits per heavy atom. The molecule has 2 aliphatic rings. The molecular formula is C27H34N6O2. The Labute approximate surface area is 206 Å². The van der Waals surface area contributed by atoms with Crippen molar-refractivity contribution in [3.05, 3.63) is 58.9 Å². The molecule has 0 unspecified atom stereocenters. The third-order valence-corrected chi connectivity index (χ3v) is 7.40. The van der Waals surface area contributed by atoms with E-state index in [1.165, 1.54) is 11.1 Å². The van der Waals surface area contributed by atoms with Crippen LogP contribution in [-0.2, 0) is 13.6 Å². The van der Waals surface area contributed by atoms with Crippen LogP contribution in [0.2, 0.25) is 0 Å². The van der Waals surface area contributed by atoms with E-state index in [0.29, 0.717) is 25.2 Å². The van der Waals surface area contributed by atoms with Crippen molar-refractivity contribution >= 4 is 28.7 Å². The number of carbonyl (C=O) groups is 2. The van der Waals surface area contributed by atoms with Crippen LogP contribution in [0.1, 0.15) is 40.2 Å². The lowest BCUT2D eigenvalue weighted by molar-refractivity contribution is 0.0793. The first-order chi connectivity index (χ1) is 16.9. The molecule has 0 spiro atoms. The molecule has 2 saturated heterocycles. The second-order valence-electron chi connectivity index (χ2n) is 9.78. The summed E-state index contributed by atoms with van der Waals surface area (Å²) in [7, 11) is 2.03. The van der Waals surface area contributed by atoms with Gasteiger partial charge in [-0.3, -0.25) is 9.69 Å². The normalized spacial score (nSPS) is 16.8. The average molecular weight is 475 g/mol. The Bertz CT molecular complexity index is 1250. The lowest BCUT2D eigenvalue weighted by atomic mass is 10.1. The minimum absolute atomic E-state index is 0.0502. The number of piperazine rings is 1. The average Bonchev–Trinajstić information content (AvgIpc) is 3.50. The highest BCUT2D eigenvalue weighted by atomic mass is 16.2. The number of hydrogen-bond acceptors (Lipinski definition) is 4. The zero-order chi connectivity index (χ0) is 24.5. The molecule has 35 heavy (non-hydrogen) atoms. The second-order valence-corrected chi connectivity index (χ2v) is 9.78. The van der Waals surface area contributed by atoms with Crippen LogP contribution < -0.4 is 5.32 Å². The predicted octanol–water partition coefficient (Wildman–Crippen LogP) is 3.78. The first-order valence-electron chi connectivity index (χ1n) is 12.5. The molecule has 8 nitrogen and oxygen atoms in total. The first-order valence-corrected chi connectivity index (χ1v) is 12.5. The van der Waals surface area contributed by atoms with Gasteiger partial charge in [0.05, 0.1) is 17.6 Å².